The molecule has 1 aliphatic rings. The number of nitriles is 1. The summed E-state index contributed by atoms with van der Waals surface area (Å²) in [5.74, 6) is -0.265. The minimum absolute atomic E-state index is 0.00414. The summed E-state index contributed by atoms with van der Waals surface area (Å²) in [6, 6.07) is 1.40. The first kappa shape index (κ1) is 9.99. The van der Waals surface area contributed by atoms with Crippen molar-refractivity contribution in [2.24, 2.45) is 0 Å². The number of hydrogen-bond acceptors (Lipinski definition) is 4. The molecule has 1 amide bonds. The van der Waals surface area contributed by atoms with E-state index >= 15 is 0 Å². The van der Waals surface area contributed by atoms with Crippen molar-refractivity contribution in [3.63, 3.8) is 0 Å². The van der Waals surface area contributed by atoms with Gasteiger partial charge in [-0.15, -0.1) is 0 Å². The lowest BCUT2D eigenvalue weighted by Crippen LogP contribution is -2.35. The van der Waals surface area contributed by atoms with Gasteiger partial charge < -0.3 is 5.32 Å². The largest absolute Gasteiger partial charge is 0.351 e. The summed E-state index contributed by atoms with van der Waals surface area (Å²) >= 11 is 0. The summed E-state index contributed by atoms with van der Waals surface area (Å²) in [4.78, 5) is 10.9. The Morgan fingerprint density at radius 2 is 2.31 bits per heavy atom. The fourth-order valence-corrected chi connectivity index (χ4v) is 2.93. The number of hydrogen-bond donors (Lipinski definition) is 1. The maximum atomic E-state index is 11.0. The predicted octanol–water partition coefficient (Wildman–Crippen LogP) is -0.797. The predicted molar refractivity (Wildman–Crippen MR) is 45.4 cm³/mol. The molecule has 6 heteroatoms. The molecular formula is C7H10N2O3S. The van der Waals surface area contributed by atoms with Gasteiger partial charge in [0.15, 0.2) is 9.84 Å². The minimum Gasteiger partial charge on any atom is -0.351 e. The van der Waals surface area contributed by atoms with E-state index in [4.69, 9.17) is 5.26 Å². The summed E-state index contributed by atoms with van der Waals surface area (Å²) in [7, 11) is -2.95. The van der Waals surface area contributed by atoms with Crippen LogP contribution in [0.5, 0.6) is 0 Å². The van der Waals surface area contributed by atoms with Crippen molar-refractivity contribution in [1.82, 2.24) is 5.32 Å². The Morgan fingerprint density at radius 3 is 2.77 bits per heavy atom. The summed E-state index contributed by atoms with van der Waals surface area (Å²) in [6.07, 6.45) is 0.246. The van der Waals surface area contributed by atoms with Crippen molar-refractivity contribution in [3.8, 4) is 6.07 Å². The van der Waals surface area contributed by atoms with Gasteiger partial charge in [0.1, 0.15) is 6.42 Å². The molecule has 0 aromatic heterocycles. The molecule has 1 atom stereocenters. The molecule has 1 heterocycles. The van der Waals surface area contributed by atoms with E-state index < -0.39 is 15.7 Å². The van der Waals surface area contributed by atoms with E-state index in [1.807, 2.05) is 0 Å². The highest BCUT2D eigenvalue weighted by atomic mass is 32.2. The summed E-state index contributed by atoms with van der Waals surface area (Å²) < 4.78 is 21.9. The fourth-order valence-electron chi connectivity index (χ4n) is 1.26. The molecule has 0 spiro atoms. The molecule has 0 saturated carbocycles. The smallest absolute Gasteiger partial charge is 0.234 e. The maximum absolute atomic E-state index is 11.0. The van der Waals surface area contributed by atoms with Gasteiger partial charge in [0.2, 0.25) is 5.91 Å². The molecule has 0 aromatic carbocycles. The average Bonchev–Trinajstić information content (AvgIpc) is 2.30. The van der Waals surface area contributed by atoms with Crippen LogP contribution in [0.3, 0.4) is 0 Å². The van der Waals surface area contributed by atoms with Crippen LogP contribution in [0, 0.1) is 11.3 Å². The van der Waals surface area contributed by atoms with Crippen molar-refractivity contribution < 1.29 is 13.2 Å². The molecule has 0 bridgehead atoms. The normalized spacial score (nSPS) is 25.0. The zero-order chi connectivity index (χ0) is 9.90. The molecule has 0 unspecified atom stereocenters. The number of carbonyl (C=O) groups is 1. The number of nitrogens with one attached hydrogen (secondary N) is 1. The van der Waals surface area contributed by atoms with E-state index in [0.29, 0.717) is 6.42 Å². The molecule has 1 fully saturated rings. The fraction of sp³-hybridized carbons (Fsp3) is 0.714. The van der Waals surface area contributed by atoms with Gasteiger partial charge in [-0.1, -0.05) is 0 Å². The third-order valence-electron chi connectivity index (χ3n) is 1.84. The van der Waals surface area contributed by atoms with E-state index in [0.717, 1.165) is 0 Å². The van der Waals surface area contributed by atoms with Crippen LogP contribution in [0.15, 0.2) is 0 Å². The van der Waals surface area contributed by atoms with Crippen LogP contribution in [0.4, 0.5) is 0 Å². The van der Waals surface area contributed by atoms with Crippen LogP contribution in [0.25, 0.3) is 0 Å². The van der Waals surface area contributed by atoms with Crippen LogP contribution >= 0.6 is 0 Å². The molecule has 1 N–H and O–H groups in total. The average molecular weight is 202 g/mol. The van der Waals surface area contributed by atoms with Gasteiger partial charge >= 0.3 is 0 Å². The van der Waals surface area contributed by atoms with E-state index in [1.165, 1.54) is 0 Å². The topological polar surface area (TPSA) is 87.0 Å². The third-order valence-corrected chi connectivity index (χ3v) is 3.61. The molecule has 0 radical (unpaired) electrons. The summed E-state index contributed by atoms with van der Waals surface area (Å²) in [5, 5.41) is 10.7. The molecule has 13 heavy (non-hydrogen) atoms. The Labute approximate surface area is 76.7 Å². The highest BCUT2D eigenvalue weighted by Crippen LogP contribution is 2.10. The van der Waals surface area contributed by atoms with E-state index in [2.05, 4.69) is 5.32 Å². The number of rotatable bonds is 2. The van der Waals surface area contributed by atoms with Crippen LogP contribution in [0.2, 0.25) is 0 Å². The molecule has 1 saturated heterocycles. The Bertz CT molecular complexity index is 341. The maximum Gasteiger partial charge on any atom is 0.234 e. The van der Waals surface area contributed by atoms with Gasteiger partial charge in [-0.3, -0.25) is 4.79 Å². The first-order valence-electron chi connectivity index (χ1n) is 3.90. The van der Waals surface area contributed by atoms with Gasteiger partial charge in [-0.05, 0) is 6.42 Å². The van der Waals surface area contributed by atoms with Crippen molar-refractivity contribution in [1.29, 1.82) is 5.26 Å². The first-order chi connectivity index (χ1) is 6.03. The Kier molecular flexibility index (Phi) is 2.88. The van der Waals surface area contributed by atoms with Crippen molar-refractivity contribution in [2.45, 2.75) is 18.9 Å². The lowest BCUT2D eigenvalue weighted by molar-refractivity contribution is -0.120. The molecular weight excluding hydrogens is 192 g/mol. The van der Waals surface area contributed by atoms with Crippen LogP contribution in [-0.4, -0.2) is 31.9 Å². The van der Waals surface area contributed by atoms with E-state index in [-0.39, 0.29) is 24.0 Å². The Hall–Kier alpha value is -1.09. The lowest BCUT2D eigenvalue weighted by Gasteiger charge is -2.07. The second-order valence-electron chi connectivity index (χ2n) is 3.00. The van der Waals surface area contributed by atoms with Crippen LogP contribution in [-0.2, 0) is 14.6 Å². The van der Waals surface area contributed by atoms with Gasteiger partial charge in [0, 0.05) is 6.04 Å². The van der Waals surface area contributed by atoms with Gasteiger partial charge in [0.25, 0.3) is 0 Å². The second-order valence-corrected chi connectivity index (χ2v) is 5.23. The van der Waals surface area contributed by atoms with Crippen molar-refractivity contribution in [3.05, 3.63) is 0 Å². The first-order valence-corrected chi connectivity index (χ1v) is 5.72. The highest BCUT2D eigenvalue weighted by Gasteiger charge is 2.28. The number of amides is 1. The monoisotopic (exact) mass is 202 g/mol. The molecule has 0 aliphatic carbocycles. The van der Waals surface area contributed by atoms with Crippen molar-refractivity contribution in [2.75, 3.05) is 11.5 Å². The highest BCUT2D eigenvalue weighted by molar-refractivity contribution is 7.91. The number of sulfone groups is 1. The van der Waals surface area contributed by atoms with Gasteiger partial charge in [0.05, 0.1) is 17.6 Å². The number of carbonyl (C=O) groups excluding carboxylic acids is 1. The van der Waals surface area contributed by atoms with Crippen molar-refractivity contribution >= 4 is 15.7 Å². The third kappa shape index (κ3) is 3.03. The van der Waals surface area contributed by atoms with E-state index in [9.17, 15) is 13.2 Å². The molecule has 0 aromatic rings. The summed E-state index contributed by atoms with van der Waals surface area (Å²) in [5.41, 5.74) is 0. The van der Waals surface area contributed by atoms with Gasteiger partial charge in [-0.2, -0.15) is 5.26 Å². The second kappa shape index (κ2) is 3.75. The zero-order valence-electron chi connectivity index (χ0n) is 6.99. The standard InChI is InChI=1S/C7H10N2O3S/c8-3-1-7(10)9-6-2-4-13(11,12)5-6/h6H,1-2,4-5H2,(H,9,10)/t6-/m0/s1. The SMILES string of the molecule is N#CCC(=O)N[C@H]1CCS(=O)(=O)C1. The van der Waals surface area contributed by atoms with Gasteiger partial charge in [-0.25, -0.2) is 8.42 Å². The van der Waals surface area contributed by atoms with E-state index in [1.54, 1.807) is 6.07 Å². The van der Waals surface area contributed by atoms with Crippen LogP contribution in [0.1, 0.15) is 12.8 Å². The molecule has 72 valence electrons. The Balaban J connectivity index is 2.42. The number of nitrogens with zero attached hydrogens (tertiary/aromatic N) is 1. The Morgan fingerprint density at radius 1 is 1.62 bits per heavy atom. The molecule has 1 aliphatic heterocycles. The van der Waals surface area contributed by atoms with Crippen LogP contribution < -0.4 is 5.32 Å². The summed E-state index contributed by atoms with van der Waals surface area (Å²) in [6.45, 7) is 0. The quantitative estimate of drug-likeness (QED) is 0.635. The molecule has 5 nitrogen and oxygen atoms in total. The minimum atomic E-state index is -2.95. The zero-order valence-corrected chi connectivity index (χ0v) is 7.80. The molecule has 1 rings (SSSR count). The lowest BCUT2D eigenvalue weighted by atomic mass is 10.2.